The van der Waals surface area contributed by atoms with Gasteiger partial charge in [-0.25, -0.2) is 0 Å². The Hall–Kier alpha value is -1.53. The fourth-order valence-corrected chi connectivity index (χ4v) is 4.01. The van der Waals surface area contributed by atoms with Gasteiger partial charge >= 0.3 is 62.7 Å². The summed E-state index contributed by atoms with van der Waals surface area (Å²) in [5.41, 5.74) is 5.53. The first-order chi connectivity index (χ1) is 17.8. The summed E-state index contributed by atoms with van der Waals surface area (Å²) in [6.07, 6.45) is 2.11. The van der Waals surface area contributed by atoms with Crippen LogP contribution in [0.1, 0.15) is 52.7 Å². The van der Waals surface area contributed by atoms with Gasteiger partial charge in [0.15, 0.2) is 5.34 Å². The van der Waals surface area contributed by atoms with Crippen molar-refractivity contribution in [1.29, 1.82) is 0 Å². The third-order valence-electron chi connectivity index (χ3n) is 6.12. The van der Waals surface area contributed by atoms with Gasteiger partial charge in [-0.1, -0.05) is 65.8 Å². The fraction of sp³-hybridized carbons (Fsp3) is 0.500. The maximum absolute atomic E-state index is 10.7. The maximum atomic E-state index is 10.7. The minimum atomic E-state index is -2.57. The van der Waals surface area contributed by atoms with E-state index in [9.17, 15) is 14.3 Å². The van der Waals surface area contributed by atoms with Crippen molar-refractivity contribution in [2.75, 3.05) is 10.6 Å². The second-order valence-electron chi connectivity index (χ2n) is 10.8. The van der Waals surface area contributed by atoms with Crippen molar-refractivity contribution < 1.29 is 84.5 Å². The first-order valence-electron chi connectivity index (χ1n) is 11.7. The summed E-state index contributed by atoms with van der Waals surface area (Å²) in [6, 6.07) is 14.6. The van der Waals surface area contributed by atoms with Gasteiger partial charge in [0, 0.05) is 35.6 Å². The standard InChI is InChI=1S/C12H16N2O2.C12H17N.K.HNO7S/c1-12(2,3)11-6-8-4-5-9(14(15)16)7-10(8)13-11;1-12(2,3)11-8-9-6-4-5-7-10(9)13-11;;2-1-5-7-9(4)8-6-3/h4-5,7,11,13H,6H2,1-3H3;4-7,11,13H,8H2,1-3H3;;3H/q;;+1;/p-1. The predicted molar refractivity (Wildman–Crippen MR) is 139 cm³/mol. The van der Waals surface area contributed by atoms with Crippen LogP contribution in [0.25, 0.3) is 0 Å². The molecule has 39 heavy (non-hydrogen) atoms. The van der Waals surface area contributed by atoms with Gasteiger partial charge in [0.25, 0.3) is 5.69 Å². The molecule has 2 aliphatic rings. The average Bonchev–Trinajstić information content (AvgIpc) is 3.48. The molecule has 13 nitrogen and oxygen atoms in total. The van der Waals surface area contributed by atoms with Crippen LogP contribution < -0.4 is 67.3 Å². The Labute approximate surface area is 272 Å². The zero-order valence-corrected chi connectivity index (χ0v) is 27.0. The molecule has 0 spiro atoms. The zero-order chi connectivity index (χ0) is 28.5. The molecular weight excluding hydrogens is 559 g/mol. The van der Waals surface area contributed by atoms with Crippen molar-refractivity contribution in [3.63, 3.8) is 0 Å². The monoisotopic (exact) mass is 592 g/mol. The van der Waals surface area contributed by atoms with Crippen LogP contribution >= 0.6 is 0 Å². The van der Waals surface area contributed by atoms with Crippen LogP contribution in [0.2, 0.25) is 0 Å². The number of hydrogen-bond acceptors (Lipinski definition) is 12. The molecule has 210 valence electrons. The normalized spacial score (nSPS) is 17.7. The van der Waals surface area contributed by atoms with Crippen LogP contribution in [0, 0.1) is 25.9 Å². The van der Waals surface area contributed by atoms with Crippen LogP contribution in [-0.4, -0.2) is 21.2 Å². The average molecular weight is 593 g/mol. The minimum absolute atomic E-state index is 0. The van der Waals surface area contributed by atoms with Crippen LogP contribution in [-0.2, 0) is 42.9 Å². The Morgan fingerprint density at radius 1 is 0.923 bits per heavy atom. The van der Waals surface area contributed by atoms with E-state index < -0.39 is 11.4 Å². The number of hydrogen-bond donors (Lipinski definition) is 2. The molecule has 2 aromatic carbocycles. The Morgan fingerprint density at radius 3 is 1.95 bits per heavy atom. The molecule has 2 aliphatic heterocycles. The third-order valence-corrected chi connectivity index (χ3v) is 6.46. The molecule has 4 rings (SSSR count). The van der Waals surface area contributed by atoms with Gasteiger partial charge in [-0.05, 0) is 45.2 Å². The third kappa shape index (κ3) is 11.5. The minimum Gasteiger partial charge on any atom is -0.691 e. The number of benzene rings is 2. The molecule has 3 unspecified atom stereocenters. The van der Waals surface area contributed by atoms with Gasteiger partial charge in [0.1, 0.15) is 0 Å². The fourth-order valence-electron chi connectivity index (χ4n) is 3.86. The Balaban J connectivity index is 0.000000301. The molecule has 0 bridgehead atoms. The Bertz CT molecular complexity index is 1100. The summed E-state index contributed by atoms with van der Waals surface area (Å²) < 4.78 is 16.4. The summed E-state index contributed by atoms with van der Waals surface area (Å²) in [6.45, 7) is 13.4. The van der Waals surface area contributed by atoms with Gasteiger partial charge in [0.2, 0.25) is 0 Å². The van der Waals surface area contributed by atoms with Gasteiger partial charge in [-0.2, -0.15) is 9.20 Å². The van der Waals surface area contributed by atoms with Gasteiger partial charge in [-0.3, -0.25) is 15.2 Å². The van der Waals surface area contributed by atoms with E-state index in [1.807, 2.05) is 6.07 Å². The smallest absolute Gasteiger partial charge is 0.691 e. The first-order valence-corrected chi connectivity index (χ1v) is 12.7. The van der Waals surface area contributed by atoms with E-state index >= 15 is 0 Å². The van der Waals surface area contributed by atoms with Crippen LogP contribution in [0.4, 0.5) is 17.1 Å². The number of nitrogens with one attached hydrogen (secondary N) is 2. The molecule has 0 radical (unpaired) electrons. The summed E-state index contributed by atoms with van der Waals surface area (Å²) >= 11 is -2.57. The molecule has 0 amide bonds. The summed E-state index contributed by atoms with van der Waals surface area (Å²) in [5.74, 6) is 0. The second-order valence-corrected chi connectivity index (χ2v) is 11.5. The Kier molecular flexibility index (Phi) is 14.6. The van der Waals surface area contributed by atoms with Gasteiger partial charge < -0.3 is 15.9 Å². The van der Waals surface area contributed by atoms with E-state index in [1.54, 1.807) is 17.5 Å². The van der Waals surface area contributed by atoms with E-state index in [2.05, 4.69) is 95.1 Å². The van der Waals surface area contributed by atoms with Crippen molar-refractivity contribution in [2.24, 2.45) is 16.2 Å². The largest absolute Gasteiger partial charge is 1.00 e. The van der Waals surface area contributed by atoms with E-state index in [-0.39, 0.29) is 67.4 Å². The summed E-state index contributed by atoms with van der Waals surface area (Å²) in [5, 5.41) is 30.8. The number of rotatable bonds is 6. The number of nitrogens with zero attached hydrogens (tertiary/aromatic N) is 2. The van der Waals surface area contributed by atoms with Crippen molar-refractivity contribution >= 4 is 28.4 Å². The molecular formula is C24H33KN4O9S. The van der Waals surface area contributed by atoms with Crippen molar-refractivity contribution in [1.82, 2.24) is 0 Å². The summed E-state index contributed by atoms with van der Waals surface area (Å²) in [4.78, 5) is 22.5. The number of para-hydroxylation sites is 1. The molecule has 2 N–H and O–H groups in total. The van der Waals surface area contributed by atoms with Crippen LogP contribution in [0.15, 0.2) is 47.8 Å². The van der Waals surface area contributed by atoms with E-state index in [4.69, 9.17) is 10.2 Å². The van der Waals surface area contributed by atoms with Gasteiger partial charge in [-0.15, -0.1) is 9.24 Å². The molecule has 2 aromatic rings. The van der Waals surface area contributed by atoms with Crippen molar-refractivity contribution in [3.05, 3.63) is 68.6 Å². The number of anilines is 2. The number of nitro benzene ring substituents is 1. The summed E-state index contributed by atoms with van der Waals surface area (Å²) in [7, 11) is 0. The van der Waals surface area contributed by atoms with E-state index in [0.717, 1.165) is 12.1 Å². The van der Waals surface area contributed by atoms with Gasteiger partial charge in [0.05, 0.1) is 4.92 Å². The Morgan fingerprint density at radius 2 is 1.46 bits per heavy atom. The molecule has 0 saturated carbocycles. The molecule has 3 atom stereocenters. The molecule has 0 saturated heterocycles. The van der Waals surface area contributed by atoms with E-state index in [0.29, 0.717) is 17.5 Å². The molecule has 0 aliphatic carbocycles. The van der Waals surface area contributed by atoms with E-state index in [1.165, 1.54) is 23.2 Å². The SMILES string of the molecule is CC(C)(C)C1Cc2ccc([N+](=O)[O-])cc2N1.CC(C)(C)C1Cc2ccccc2N1.O=NOOS(=O)OO[O-].[K+]. The molecule has 0 aromatic heterocycles. The van der Waals surface area contributed by atoms with Crippen LogP contribution in [0.5, 0.6) is 0 Å². The van der Waals surface area contributed by atoms with Crippen molar-refractivity contribution in [2.45, 2.75) is 66.5 Å². The topological polar surface area (TPSA) is 174 Å². The molecule has 0 fully saturated rings. The maximum Gasteiger partial charge on any atom is 1.00 e. The molecule has 15 heteroatoms. The predicted octanol–water partition coefficient (Wildman–Crippen LogP) is 1.47. The van der Waals surface area contributed by atoms with Crippen LogP contribution in [0.3, 0.4) is 0 Å². The zero-order valence-electron chi connectivity index (χ0n) is 23.1. The second kappa shape index (κ2) is 16.0. The number of fused-ring (bicyclic) bond motifs is 2. The number of nitro groups is 1. The number of non-ortho nitro benzene ring substituents is 1. The molecule has 2 heterocycles. The van der Waals surface area contributed by atoms with Crippen molar-refractivity contribution in [3.8, 4) is 0 Å². The first kappa shape index (κ1) is 35.5. The quantitative estimate of drug-likeness (QED) is 0.163.